The van der Waals surface area contributed by atoms with E-state index >= 15 is 0 Å². The lowest BCUT2D eigenvalue weighted by atomic mass is 10.2. The fraction of sp³-hybridized carbons (Fsp3) is 1.00. The van der Waals surface area contributed by atoms with Crippen LogP contribution in [0, 0.1) is 0 Å². The predicted octanol–water partition coefficient (Wildman–Crippen LogP) is 1.74. The van der Waals surface area contributed by atoms with Crippen LogP contribution in [0.3, 0.4) is 0 Å². The Balaban J connectivity index is 2.06. The molecule has 1 fully saturated rings. The van der Waals surface area contributed by atoms with Crippen LogP contribution < -0.4 is 0 Å². The summed E-state index contributed by atoms with van der Waals surface area (Å²) in [5, 5.41) is 0. The largest absolute Gasteiger partial charge is 0.306 e. The lowest BCUT2D eigenvalue weighted by molar-refractivity contribution is 0.105. The van der Waals surface area contributed by atoms with Gasteiger partial charge in [-0.15, -0.1) is 0 Å². The van der Waals surface area contributed by atoms with Crippen molar-refractivity contribution in [2.75, 3.05) is 52.9 Å². The Morgan fingerprint density at radius 1 is 1.06 bits per heavy atom. The highest BCUT2D eigenvalue weighted by atomic mass is 15.3. The van der Waals surface area contributed by atoms with Gasteiger partial charge in [0.2, 0.25) is 0 Å². The maximum absolute atomic E-state index is 2.62. The highest BCUT2D eigenvalue weighted by molar-refractivity contribution is 4.74. The van der Waals surface area contributed by atoms with Crippen molar-refractivity contribution in [3.8, 4) is 0 Å². The van der Waals surface area contributed by atoms with Gasteiger partial charge in [0.25, 0.3) is 0 Å². The lowest BCUT2D eigenvalue weighted by Crippen LogP contribution is -2.49. The molecule has 102 valence electrons. The van der Waals surface area contributed by atoms with Gasteiger partial charge in [0, 0.05) is 32.2 Å². The minimum absolute atomic E-state index is 0.716. The highest BCUT2D eigenvalue weighted by Crippen LogP contribution is 2.06. The average molecular weight is 241 g/mol. The molecular formula is C14H31N3. The zero-order valence-electron chi connectivity index (χ0n) is 12.3. The normalized spacial score (nSPS) is 19.4. The third-order valence-electron chi connectivity index (χ3n) is 3.76. The van der Waals surface area contributed by atoms with Gasteiger partial charge in [-0.1, -0.05) is 6.92 Å². The molecule has 3 nitrogen and oxygen atoms in total. The van der Waals surface area contributed by atoms with E-state index in [2.05, 4.69) is 42.5 Å². The second kappa shape index (κ2) is 8.06. The molecule has 0 radical (unpaired) electrons. The van der Waals surface area contributed by atoms with Crippen LogP contribution in [0.5, 0.6) is 0 Å². The molecule has 1 aliphatic heterocycles. The maximum Gasteiger partial charge on any atom is 0.0113 e. The molecule has 0 aromatic heterocycles. The Morgan fingerprint density at radius 2 is 1.71 bits per heavy atom. The third kappa shape index (κ3) is 5.84. The first-order valence-electron chi connectivity index (χ1n) is 7.28. The minimum Gasteiger partial charge on any atom is -0.306 e. The molecule has 0 amide bonds. The molecule has 17 heavy (non-hydrogen) atoms. The molecule has 1 saturated heterocycles. The van der Waals surface area contributed by atoms with Crippen LogP contribution in [0.2, 0.25) is 0 Å². The van der Waals surface area contributed by atoms with Crippen LogP contribution in [0.15, 0.2) is 0 Å². The first-order valence-corrected chi connectivity index (χ1v) is 7.28. The summed E-state index contributed by atoms with van der Waals surface area (Å²) >= 11 is 0. The molecule has 3 heteroatoms. The third-order valence-corrected chi connectivity index (χ3v) is 3.76. The molecule has 0 saturated carbocycles. The van der Waals surface area contributed by atoms with E-state index in [0.29, 0.717) is 6.04 Å². The smallest absolute Gasteiger partial charge is 0.0113 e. The molecule has 0 bridgehead atoms. The fourth-order valence-electron chi connectivity index (χ4n) is 2.56. The summed E-state index contributed by atoms with van der Waals surface area (Å²) in [4.78, 5) is 7.66. The zero-order valence-corrected chi connectivity index (χ0v) is 12.3. The second-order valence-electron chi connectivity index (χ2n) is 5.63. The Morgan fingerprint density at radius 3 is 2.24 bits per heavy atom. The van der Waals surface area contributed by atoms with Gasteiger partial charge in [-0.2, -0.15) is 0 Å². The molecule has 0 aliphatic carbocycles. The Bertz CT molecular complexity index is 186. The number of piperazine rings is 1. The van der Waals surface area contributed by atoms with Gasteiger partial charge in [-0.05, 0) is 53.4 Å². The van der Waals surface area contributed by atoms with Crippen LogP contribution in [-0.4, -0.2) is 73.6 Å². The molecular weight excluding hydrogens is 210 g/mol. The van der Waals surface area contributed by atoms with Gasteiger partial charge in [0.1, 0.15) is 0 Å². The summed E-state index contributed by atoms with van der Waals surface area (Å²) in [7, 11) is 2.24. The van der Waals surface area contributed by atoms with E-state index < -0.39 is 0 Å². The molecule has 0 N–H and O–H groups in total. The average Bonchev–Trinajstić information content (AvgIpc) is 2.30. The second-order valence-corrected chi connectivity index (χ2v) is 5.63. The van der Waals surface area contributed by atoms with Gasteiger partial charge in [0.05, 0.1) is 0 Å². The molecule has 0 atom stereocenters. The van der Waals surface area contributed by atoms with Crippen LogP contribution in [0.4, 0.5) is 0 Å². The molecule has 1 aliphatic rings. The number of nitrogens with zero attached hydrogens (tertiary/aromatic N) is 3. The van der Waals surface area contributed by atoms with E-state index in [1.165, 1.54) is 58.7 Å². The lowest BCUT2D eigenvalue weighted by Gasteiger charge is -2.37. The van der Waals surface area contributed by atoms with Crippen molar-refractivity contribution >= 4 is 0 Å². The van der Waals surface area contributed by atoms with Gasteiger partial charge in [0.15, 0.2) is 0 Å². The van der Waals surface area contributed by atoms with E-state index in [0.717, 1.165) is 0 Å². The summed E-state index contributed by atoms with van der Waals surface area (Å²) in [6.07, 6.45) is 2.59. The monoisotopic (exact) mass is 241 g/mol. The van der Waals surface area contributed by atoms with E-state index in [9.17, 15) is 0 Å². The molecule has 1 heterocycles. The standard InChI is InChI=1S/C14H31N3/c1-5-7-15(4)8-6-9-16-10-12-17(13-11-16)14(2)3/h14H,5-13H2,1-4H3. The van der Waals surface area contributed by atoms with Gasteiger partial charge < -0.3 is 9.80 Å². The van der Waals surface area contributed by atoms with E-state index in [4.69, 9.17) is 0 Å². The first kappa shape index (κ1) is 14.9. The van der Waals surface area contributed by atoms with Crippen molar-refractivity contribution in [3.05, 3.63) is 0 Å². The first-order chi connectivity index (χ1) is 8.13. The van der Waals surface area contributed by atoms with E-state index in [1.807, 2.05) is 0 Å². The van der Waals surface area contributed by atoms with Crippen molar-refractivity contribution < 1.29 is 0 Å². The van der Waals surface area contributed by atoms with E-state index in [-0.39, 0.29) is 0 Å². The summed E-state index contributed by atoms with van der Waals surface area (Å²) in [5.41, 5.74) is 0. The summed E-state index contributed by atoms with van der Waals surface area (Å²) in [5.74, 6) is 0. The number of rotatable bonds is 7. The molecule has 0 spiro atoms. The van der Waals surface area contributed by atoms with Crippen LogP contribution in [-0.2, 0) is 0 Å². The molecule has 0 unspecified atom stereocenters. The van der Waals surface area contributed by atoms with Gasteiger partial charge in [-0.3, -0.25) is 4.90 Å². The van der Waals surface area contributed by atoms with E-state index in [1.54, 1.807) is 0 Å². The summed E-state index contributed by atoms with van der Waals surface area (Å²) in [6.45, 7) is 15.6. The van der Waals surface area contributed by atoms with Crippen LogP contribution in [0.1, 0.15) is 33.6 Å². The number of hydrogen-bond acceptors (Lipinski definition) is 3. The Labute approximate surface area is 108 Å². The van der Waals surface area contributed by atoms with Crippen molar-refractivity contribution in [3.63, 3.8) is 0 Å². The highest BCUT2D eigenvalue weighted by Gasteiger charge is 2.17. The fourth-order valence-corrected chi connectivity index (χ4v) is 2.56. The summed E-state index contributed by atoms with van der Waals surface area (Å²) in [6, 6.07) is 0.716. The summed E-state index contributed by atoms with van der Waals surface area (Å²) < 4.78 is 0. The van der Waals surface area contributed by atoms with Gasteiger partial charge in [-0.25, -0.2) is 0 Å². The minimum atomic E-state index is 0.716. The molecule has 0 aromatic carbocycles. The SMILES string of the molecule is CCCN(C)CCCN1CCN(C(C)C)CC1. The Kier molecular flexibility index (Phi) is 7.09. The van der Waals surface area contributed by atoms with Crippen molar-refractivity contribution in [1.82, 2.24) is 14.7 Å². The Hall–Kier alpha value is -0.120. The van der Waals surface area contributed by atoms with Crippen molar-refractivity contribution in [2.24, 2.45) is 0 Å². The van der Waals surface area contributed by atoms with Gasteiger partial charge >= 0.3 is 0 Å². The zero-order chi connectivity index (χ0) is 12.7. The topological polar surface area (TPSA) is 9.72 Å². The van der Waals surface area contributed by atoms with Crippen molar-refractivity contribution in [1.29, 1.82) is 0 Å². The quantitative estimate of drug-likeness (QED) is 0.672. The van der Waals surface area contributed by atoms with Crippen molar-refractivity contribution in [2.45, 2.75) is 39.7 Å². The predicted molar refractivity (Wildman–Crippen MR) is 75.6 cm³/mol. The van der Waals surface area contributed by atoms with Crippen LogP contribution in [0.25, 0.3) is 0 Å². The number of hydrogen-bond donors (Lipinski definition) is 0. The van der Waals surface area contributed by atoms with Crippen LogP contribution >= 0.6 is 0 Å². The molecule has 1 rings (SSSR count). The molecule has 0 aromatic rings. The maximum atomic E-state index is 2.62.